The van der Waals surface area contributed by atoms with Gasteiger partial charge in [0.05, 0.1) is 18.2 Å². The lowest BCUT2D eigenvalue weighted by Crippen LogP contribution is -2.33. The van der Waals surface area contributed by atoms with Crippen molar-refractivity contribution in [1.29, 1.82) is 5.26 Å². The van der Waals surface area contributed by atoms with Crippen LogP contribution in [0.3, 0.4) is 0 Å². The second-order valence-corrected chi connectivity index (χ2v) is 6.82. The highest BCUT2D eigenvalue weighted by molar-refractivity contribution is 8.01. The van der Waals surface area contributed by atoms with E-state index in [1.165, 1.54) is 23.1 Å². The van der Waals surface area contributed by atoms with Crippen LogP contribution in [-0.2, 0) is 4.79 Å². The molecule has 0 radical (unpaired) electrons. The summed E-state index contributed by atoms with van der Waals surface area (Å²) in [7, 11) is 0. The first-order chi connectivity index (χ1) is 11.7. The molecule has 0 saturated carbocycles. The van der Waals surface area contributed by atoms with E-state index in [-0.39, 0.29) is 11.7 Å². The van der Waals surface area contributed by atoms with Crippen molar-refractivity contribution in [3.05, 3.63) is 43.0 Å². The van der Waals surface area contributed by atoms with Gasteiger partial charge in [0.25, 0.3) is 0 Å². The average molecular weight is 359 g/mol. The Hall–Kier alpha value is -2.37. The number of hydrogen-bond donors (Lipinski definition) is 1. The SMILES string of the molecule is C=CCNc1nnc(SCC(=O)N(CCC#N)c2ccccc2)s1. The van der Waals surface area contributed by atoms with E-state index < -0.39 is 0 Å². The summed E-state index contributed by atoms with van der Waals surface area (Å²) in [5.74, 6) is 0.188. The number of nitrogens with zero attached hydrogens (tertiary/aromatic N) is 4. The van der Waals surface area contributed by atoms with Gasteiger partial charge in [0, 0.05) is 18.8 Å². The smallest absolute Gasteiger partial charge is 0.237 e. The molecule has 0 saturated heterocycles. The van der Waals surface area contributed by atoms with Crippen molar-refractivity contribution in [3.8, 4) is 6.07 Å². The van der Waals surface area contributed by atoms with Crippen LogP contribution in [0, 0.1) is 11.3 Å². The first-order valence-corrected chi connectivity index (χ1v) is 9.08. The van der Waals surface area contributed by atoms with Crippen molar-refractivity contribution in [2.75, 3.05) is 29.1 Å². The zero-order valence-corrected chi connectivity index (χ0v) is 14.6. The minimum atomic E-state index is -0.0581. The number of aromatic nitrogens is 2. The first-order valence-electron chi connectivity index (χ1n) is 7.28. The van der Waals surface area contributed by atoms with Crippen LogP contribution in [0.25, 0.3) is 0 Å². The maximum atomic E-state index is 12.5. The van der Waals surface area contributed by atoms with Crippen molar-refractivity contribution in [2.45, 2.75) is 10.8 Å². The van der Waals surface area contributed by atoms with Gasteiger partial charge in [-0.2, -0.15) is 5.26 Å². The Bertz CT molecular complexity index is 711. The van der Waals surface area contributed by atoms with Gasteiger partial charge in [0.2, 0.25) is 11.0 Å². The molecule has 0 spiro atoms. The second kappa shape index (κ2) is 9.70. The zero-order valence-electron chi connectivity index (χ0n) is 13.0. The maximum absolute atomic E-state index is 12.5. The van der Waals surface area contributed by atoms with Crippen LogP contribution >= 0.6 is 23.1 Å². The summed E-state index contributed by atoms with van der Waals surface area (Å²) < 4.78 is 0.725. The predicted molar refractivity (Wildman–Crippen MR) is 98.3 cm³/mol. The molecule has 2 rings (SSSR count). The number of carbonyl (C=O) groups is 1. The van der Waals surface area contributed by atoms with Gasteiger partial charge in [-0.15, -0.1) is 16.8 Å². The van der Waals surface area contributed by atoms with Crippen molar-refractivity contribution in [2.24, 2.45) is 0 Å². The van der Waals surface area contributed by atoms with Gasteiger partial charge in [-0.3, -0.25) is 4.79 Å². The van der Waals surface area contributed by atoms with Crippen LogP contribution in [0.15, 0.2) is 47.3 Å². The molecular formula is C16H17N5OS2. The Labute approximate surface area is 149 Å². The highest BCUT2D eigenvalue weighted by Gasteiger charge is 2.16. The summed E-state index contributed by atoms with van der Waals surface area (Å²) >= 11 is 2.74. The Morgan fingerprint density at radius 1 is 1.42 bits per heavy atom. The van der Waals surface area contributed by atoms with Gasteiger partial charge in [-0.25, -0.2) is 0 Å². The van der Waals surface area contributed by atoms with E-state index in [1.807, 2.05) is 30.3 Å². The van der Waals surface area contributed by atoms with Crippen molar-refractivity contribution < 1.29 is 4.79 Å². The molecule has 1 heterocycles. The summed E-state index contributed by atoms with van der Waals surface area (Å²) in [6.45, 7) is 4.63. The van der Waals surface area contributed by atoms with E-state index >= 15 is 0 Å². The summed E-state index contributed by atoms with van der Waals surface area (Å²) in [6, 6.07) is 11.4. The van der Waals surface area contributed by atoms with Gasteiger partial charge < -0.3 is 10.2 Å². The number of rotatable bonds is 9. The summed E-state index contributed by atoms with van der Waals surface area (Å²) in [5.41, 5.74) is 0.795. The summed E-state index contributed by atoms with van der Waals surface area (Å²) in [6.07, 6.45) is 2.03. The fourth-order valence-corrected chi connectivity index (χ4v) is 3.50. The van der Waals surface area contributed by atoms with Crippen molar-refractivity contribution in [1.82, 2.24) is 10.2 Å². The predicted octanol–water partition coefficient (Wildman–Crippen LogP) is 3.17. The Morgan fingerprint density at radius 2 is 2.21 bits per heavy atom. The van der Waals surface area contributed by atoms with Crippen molar-refractivity contribution in [3.63, 3.8) is 0 Å². The van der Waals surface area contributed by atoms with E-state index in [4.69, 9.17) is 5.26 Å². The van der Waals surface area contributed by atoms with Crippen LogP contribution < -0.4 is 10.2 Å². The van der Waals surface area contributed by atoms with Crippen LogP contribution in [0.5, 0.6) is 0 Å². The molecule has 1 aromatic heterocycles. The minimum absolute atomic E-state index is 0.0581. The Kier molecular flexibility index (Phi) is 7.26. The number of nitriles is 1. The van der Waals surface area contributed by atoms with Crippen LogP contribution in [0.1, 0.15) is 6.42 Å². The molecule has 0 unspecified atom stereocenters. The normalized spacial score (nSPS) is 9.96. The lowest BCUT2D eigenvalue weighted by Gasteiger charge is -2.21. The van der Waals surface area contributed by atoms with E-state index in [9.17, 15) is 4.79 Å². The number of carbonyl (C=O) groups excluding carboxylic acids is 1. The second-order valence-electron chi connectivity index (χ2n) is 4.62. The molecule has 0 aliphatic rings. The molecule has 0 fully saturated rings. The standard InChI is InChI=1S/C16H17N5OS2/c1-2-10-18-15-19-20-16(24-15)23-12-14(22)21(11-6-9-17)13-7-4-3-5-8-13/h2-5,7-8H,1,6,10-12H2,(H,18,19). The number of thioether (sulfide) groups is 1. The van der Waals surface area contributed by atoms with E-state index in [0.717, 1.165) is 10.0 Å². The molecule has 0 bridgehead atoms. The maximum Gasteiger partial charge on any atom is 0.237 e. The van der Waals surface area contributed by atoms with Gasteiger partial charge in [-0.05, 0) is 12.1 Å². The van der Waals surface area contributed by atoms with Crippen LogP contribution in [-0.4, -0.2) is 34.9 Å². The number of anilines is 2. The average Bonchev–Trinajstić information content (AvgIpc) is 3.07. The van der Waals surface area contributed by atoms with Gasteiger partial charge in [0.1, 0.15) is 0 Å². The number of hydrogen-bond acceptors (Lipinski definition) is 7. The molecule has 1 aromatic carbocycles. The highest BCUT2D eigenvalue weighted by Crippen LogP contribution is 2.26. The van der Waals surface area contributed by atoms with Crippen LogP contribution in [0.4, 0.5) is 10.8 Å². The molecule has 6 nitrogen and oxygen atoms in total. The van der Waals surface area contributed by atoms with Gasteiger partial charge in [-0.1, -0.05) is 47.4 Å². The largest absolute Gasteiger partial charge is 0.357 e. The number of benzene rings is 1. The third-order valence-corrected chi connectivity index (χ3v) is 4.94. The highest BCUT2D eigenvalue weighted by atomic mass is 32.2. The fraction of sp³-hybridized carbons (Fsp3) is 0.250. The van der Waals surface area contributed by atoms with E-state index in [0.29, 0.717) is 24.6 Å². The quantitative estimate of drug-likeness (QED) is 0.547. The zero-order chi connectivity index (χ0) is 17.2. The molecule has 1 N–H and O–H groups in total. The molecule has 1 amide bonds. The monoisotopic (exact) mass is 359 g/mol. The first kappa shape index (κ1) is 18.0. The van der Waals surface area contributed by atoms with Crippen LogP contribution in [0.2, 0.25) is 0 Å². The lowest BCUT2D eigenvalue weighted by molar-refractivity contribution is -0.116. The number of amides is 1. The molecular weight excluding hydrogens is 342 g/mol. The molecule has 2 aromatic rings. The topological polar surface area (TPSA) is 81.9 Å². The molecule has 0 atom stereocenters. The van der Waals surface area contributed by atoms with Gasteiger partial charge >= 0.3 is 0 Å². The Morgan fingerprint density at radius 3 is 2.92 bits per heavy atom. The number of para-hydroxylation sites is 1. The fourth-order valence-electron chi connectivity index (χ4n) is 1.87. The minimum Gasteiger partial charge on any atom is -0.357 e. The molecule has 8 heteroatoms. The molecule has 0 aliphatic carbocycles. The Balaban J connectivity index is 1.96. The molecule has 24 heavy (non-hydrogen) atoms. The van der Waals surface area contributed by atoms with E-state index in [2.05, 4.69) is 28.2 Å². The van der Waals surface area contributed by atoms with Gasteiger partial charge in [0.15, 0.2) is 4.34 Å². The molecule has 124 valence electrons. The summed E-state index contributed by atoms with van der Waals surface area (Å²) in [4.78, 5) is 14.2. The number of nitrogens with one attached hydrogen (secondary N) is 1. The lowest BCUT2D eigenvalue weighted by atomic mass is 10.2. The third-order valence-electron chi connectivity index (χ3n) is 2.94. The van der Waals surface area contributed by atoms with E-state index in [1.54, 1.807) is 11.0 Å². The summed E-state index contributed by atoms with van der Waals surface area (Å²) in [5, 5.41) is 20.6. The molecule has 0 aliphatic heterocycles. The third kappa shape index (κ3) is 5.37. The van der Waals surface area contributed by atoms with Crippen molar-refractivity contribution >= 4 is 39.8 Å².